The topological polar surface area (TPSA) is 132 Å². The van der Waals surface area contributed by atoms with E-state index >= 15 is 0 Å². The number of fused-ring (bicyclic) bond motifs is 3. The van der Waals surface area contributed by atoms with Crippen molar-refractivity contribution in [1.29, 1.82) is 0 Å². The van der Waals surface area contributed by atoms with Crippen LogP contribution in [0.25, 0.3) is 27.9 Å². The molecule has 0 spiro atoms. The Bertz CT molecular complexity index is 1850. The molecule has 1 aliphatic heterocycles. The zero-order valence-corrected chi connectivity index (χ0v) is 23.8. The highest BCUT2D eigenvalue weighted by molar-refractivity contribution is 5.95. The van der Waals surface area contributed by atoms with Gasteiger partial charge < -0.3 is 20.3 Å². The number of rotatable bonds is 6. The predicted octanol–water partition coefficient (Wildman–Crippen LogP) is 4.04. The lowest BCUT2D eigenvalue weighted by Crippen LogP contribution is -2.44. The summed E-state index contributed by atoms with van der Waals surface area (Å²) in [6.07, 6.45) is -3.59. The Labute approximate surface area is 248 Å². The zero-order valence-electron chi connectivity index (χ0n) is 23.8. The highest BCUT2D eigenvalue weighted by Crippen LogP contribution is 2.36. The summed E-state index contributed by atoms with van der Waals surface area (Å²) >= 11 is 0. The van der Waals surface area contributed by atoms with Crippen LogP contribution >= 0.6 is 0 Å². The van der Waals surface area contributed by atoms with Gasteiger partial charge in [0.2, 0.25) is 11.9 Å². The van der Waals surface area contributed by atoms with Crippen LogP contribution in [0.2, 0.25) is 0 Å². The van der Waals surface area contributed by atoms with E-state index in [1.807, 2.05) is 37.3 Å². The minimum Gasteiger partial charge on any atom is -0.445 e. The van der Waals surface area contributed by atoms with Crippen molar-refractivity contribution < 1.29 is 27.5 Å². The van der Waals surface area contributed by atoms with Crippen LogP contribution in [0.3, 0.4) is 0 Å². The van der Waals surface area contributed by atoms with Gasteiger partial charge in [-0.25, -0.2) is 14.8 Å². The van der Waals surface area contributed by atoms with Crippen LogP contribution in [-0.2, 0) is 28.9 Å². The molecule has 0 saturated carbocycles. The van der Waals surface area contributed by atoms with Crippen molar-refractivity contribution in [2.24, 2.45) is 0 Å². The third-order valence-electron chi connectivity index (χ3n) is 7.29. The Hall–Kier alpha value is -5.21. The molecule has 12 nitrogen and oxygen atoms in total. The molecular weight excluding hydrogens is 579 g/mol. The molecule has 0 aliphatic carbocycles. The first-order valence-corrected chi connectivity index (χ1v) is 13.9. The van der Waals surface area contributed by atoms with E-state index in [1.165, 1.54) is 21.5 Å². The van der Waals surface area contributed by atoms with Crippen molar-refractivity contribution in [3.8, 4) is 11.4 Å². The zero-order chi connectivity index (χ0) is 31.0. The molecule has 0 bridgehead atoms. The number of carbonyl (C=O) groups excluding carboxylic acids is 2. The van der Waals surface area contributed by atoms with Gasteiger partial charge in [0.25, 0.3) is 0 Å². The molecule has 2 amide bonds. The van der Waals surface area contributed by atoms with Gasteiger partial charge in [-0.3, -0.25) is 9.48 Å². The number of hydrogen-bond donors (Lipinski definition) is 2. The molecule has 0 radical (unpaired) electrons. The number of nitrogens with one attached hydrogen (secondary N) is 2. The molecule has 6 rings (SSSR count). The molecule has 1 atom stereocenters. The van der Waals surface area contributed by atoms with Crippen molar-refractivity contribution >= 4 is 34.5 Å². The summed E-state index contributed by atoms with van der Waals surface area (Å²) in [6.45, 7) is 4.54. The fourth-order valence-corrected chi connectivity index (χ4v) is 5.04. The van der Waals surface area contributed by atoms with E-state index < -0.39 is 29.8 Å². The summed E-state index contributed by atoms with van der Waals surface area (Å²) in [4.78, 5) is 36.3. The van der Waals surface area contributed by atoms with Crippen LogP contribution in [-0.4, -0.2) is 71.9 Å². The fourth-order valence-electron chi connectivity index (χ4n) is 5.04. The summed E-state index contributed by atoms with van der Waals surface area (Å²) in [5, 5.41) is 14.8. The molecule has 1 aliphatic rings. The van der Waals surface area contributed by atoms with Crippen LogP contribution in [0, 0.1) is 6.92 Å². The molecule has 2 aromatic carbocycles. The van der Waals surface area contributed by atoms with Crippen molar-refractivity contribution in [2.75, 3.05) is 25.0 Å². The van der Waals surface area contributed by atoms with Crippen molar-refractivity contribution in [1.82, 2.24) is 39.6 Å². The number of aryl methyl sites for hydroxylation is 2. The number of amides is 2. The Balaban J connectivity index is 1.39. The van der Waals surface area contributed by atoms with E-state index in [9.17, 15) is 22.8 Å². The number of nitrogens with zero attached hydrogens (tertiary/aromatic N) is 7. The van der Waals surface area contributed by atoms with E-state index in [4.69, 9.17) is 4.74 Å². The van der Waals surface area contributed by atoms with E-state index in [0.717, 1.165) is 11.6 Å². The summed E-state index contributed by atoms with van der Waals surface area (Å²) in [5.74, 6) is -0.389. The number of hydrogen-bond acceptors (Lipinski definition) is 8. The molecule has 1 fully saturated rings. The smallest absolute Gasteiger partial charge is 0.418 e. The monoisotopic (exact) mass is 607 g/mol. The van der Waals surface area contributed by atoms with E-state index in [2.05, 4.69) is 30.8 Å². The Morgan fingerprint density at radius 1 is 1.11 bits per heavy atom. The predicted molar refractivity (Wildman–Crippen MR) is 154 cm³/mol. The van der Waals surface area contributed by atoms with Gasteiger partial charge in [-0.1, -0.05) is 36.4 Å². The molecule has 1 saturated heterocycles. The summed E-state index contributed by atoms with van der Waals surface area (Å²) in [5.41, 5.74) is 0.818. The third-order valence-corrected chi connectivity index (χ3v) is 7.29. The lowest BCUT2D eigenvalue weighted by molar-refractivity contribution is -0.136. The SMILES string of the molecule is CCn1cc(-c2nc3c4cccc(C(F)(F)F)c4nc(N[C@H]4CN(C(=O)OCc5ccccc5)CCNC4=O)n3n2)c(C)n1. The number of para-hydroxylation sites is 1. The maximum atomic E-state index is 14.1. The second-order valence-electron chi connectivity index (χ2n) is 10.3. The lowest BCUT2D eigenvalue weighted by atomic mass is 10.1. The minimum atomic E-state index is -4.71. The lowest BCUT2D eigenvalue weighted by Gasteiger charge is -2.23. The largest absolute Gasteiger partial charge is 0.445 e. The van der Waals surface area contributed by atoms with Crippen molar-refractivity contribution in [3.63, 3.8) is 0 Å². The van der Waals surface area contributed by atoms with Crippen LogP contribution < -0.4 is 10.6 Å². The molecule has 44 heavy (non-hydrogen) atoms. The van der Waals surface area contributed by atoms with Gasteiger partial charge in [-0.2, -0.15) is 22.8 Å². The number of carbonyl (C=O) groups is 2. The molecule has 228 valence electrons. The number of aromatic nitrogens is 6. The number of alkyl halides is 3. The molecular formula is C29H28F3N9O3. The first-order chi connectivity index (χ1) is 21.1. The van der Waals surface area contributed by atoms with E-state index in [0.29, 0.717) is 17.8 Å². The summed E-state index contributed by atoms with van der Waals surface area (Å²) < 4.78 is 50.7. The maximum absolute atomic E-state index is 14.1. The molecule has 15 heteroatoms. The second kappa shape index (κ2) is 11.5. The molecule has 5 aromatic rings. The van der Waals surface area contributed by atoms with E-state index in [-0.39, 0.29) is 54.6 Å². The van der Waals surface area contributed by atoms with E-state index in [1.54, 1.807) is 17.8 Å². The average molecular weight is 608 g/mol. The number of benzene rings is 2. The Kier molecular flexibility index (Phi) is 7.53. The van der Waals surface area contributed by atoms with Gasteiger partial charge in [-0.15, -0.1) is 5.10 Å². The van der Waals surface area contributed by atoms with Crippen LogP contribution in [0.5, 0.6) is 0 Å². The second-order valence-corrected chi connectivity index (χ2v) is 10.3. The van der Waals surface area contributed by atoms with Gasteiger partial charge >= 0.3 is 12.3 Å². The van der Waals surface area contributed by atoms with Gasteiger partial charge in [-0.05, 0) is 31.5 Å². The Morgan fingerprint density at radius 3 is 2.64 bits per heavy atom. The highest BCUT2D eigenvalue weighted by atomic mass is 19.4. The number of anilines is 1. The standard InChI is InChI=1S/C29H28F3N9O3/c1-3-40-14-20(17(2)37-40)24-36-25-19-10-7-11-21(29(30,31)32)23(19)35-27(41(25)38-24)34-22-15-39(13-12-33-26(22)42)28(43)44-16-18-8-5-4-6-9-18/h4-11,14,22H,3,12-13,15-16H2,1-2H3,(H,33,42)(H,34,35)/t22-/m0/s1. The summed E-state index contributed by atoms with van der Waals surface area (Å²) in [6, 6.07) is 11.7. The average Bonchev–Trinajstić information content (AvgIpc) is 3.57. The summed E-state index contributed by atoms with van der Waals surface area (Å²) in [7, 11) is 0. The minimum absolute atomic E-state index is 0.0402. The molecule has 4 heterocycles. The first-order valence-electron chi connectivity index (χ1n) is 13.9. The van der Waals surface area contributed by atoms with Crippen LogP contribution in [0.4, 0.5) is 23.9 Å². The van der Waals surface area contributed by atoms with Crippen molar-refractivity contribution in [2.45, 2.75) is 39.2 Å². The van der Waals surface area contributed by atoms with Gasteiger partial charge in [0, 0.05) is 31.2 Å². The molecule has 0 unspecified atom stereocenters. The third kappa shape index (κ3) is 5.59. The van der Waals surface area contributed by atoms with Crippen LogP contribution in [0.1, 0.15) is 23.7 Å². The fraction of sp³-hybridized carbons (Fsp3) is 0.310. The van der Waals surface area contributed by atoms with Gasteiger partial charge in [0.15, 0.2) is 11.5 Å². The molecule has 2 N–H and O–H groups in total. The van der Waals surface area contributed by atoms with Crippen molar-refractivity contribution in [3.05, 3.63) is 71.5 Å². The quantitative estimate of drug-likeness (QED) is 0.296. The van der Waals surface area contributed by atoms with Crippen LogP contribution in [0.15, 0.2) is 54.7 Å². The number of halogens is 3. The number of ether oxygens (including phenoxy) is 1. The van der Waals surface area contributed by atoms with Gasteiger partial charge in [0.1, 0.15) is 12.6 Å². The maximum Gasteiger partial charge on any atom is 0.418 e. The first kappa shape index (κ1) is 28.9. The Morgan fingerprint density at radius 2 is 1.91 bits per heavy atom. The highest BCUT2D eigenvalue weighted by Gasteiger charge is 2.35. The normalized spacial score (nSPS) is 15.8. The molecule has 3 aromatic heterocycles. The van der Waals surface area contributed by atoms with Gasteiger partial charge in [0.05, 0.1) is 28.9 Å².